The molecule has 1 atom stereocenters. The highest BCUT2D eigenvalue weighted by Gasteiger charge is 2.23. The lowest BCUT2D eigenvalue weighted by molar-refractivity contribution is 0.198. The van der Waals surface area contributed by atoms with Gasteiger partial charge in [0.05, 0.1) is 25.8 Å². The molecule has 1 saturated heterocycles. The molecule has 1 unspecified atom stereocenters. The average molecular weight is 433 g/mol. The molecule has 1 aliphatic rings. The summed E-state index contributed by atoms with van der Waals surface area (Å²) in [4.78, 5) is 4.89. The van der Waals surface area contributed by atoms with E-state index in [1.165, 1.54) is 5.56 Å². The number of unbranched alkanes of at least 4 members (excludes halogenated alkanes) is 1. The van der Waals surface area contributed by atoms with E-state index in [0.717, 1.165) is 68.6 Å². The number of hydrogen-bond acceptors (Lipinski definition) is 5. The van der Waals surface area contributed by atoms with Crippen LogP contribution in [0.2, 0.25) is 5.02 Å². The minimum Gasteiger partial charge on any atom is -0.495 e. The quantitative estimate of drug-likeness (QED) is 0.494. The van der Waals surface area contributed by atoms with E-state index >= 15 is 0 Å². The van der Waals surface area contributed by atoms with Gasteiger partial charge in [0.2, 0.25) is 0 Å². The Morgan fingerprint density at radius 3 is 2.33 bits per heavy atom. The van der Waals surface area contributed by atoms with Crippen LogP contribution in [0.5, 0.6) is 17.2 Å². The predicted octanol–water partition coefficient (Wildman–Crippen LogP) is 5.42. The van der Waals surface area contributed by atoms with Crippen molar-refractivity contribution in [1.29, 1.82) is 0 Å². The molecule has 0 aliphatic carbocycles. The molecule has 3 rings (SSSR count). The fourth-order valence-corrected chi connectivity index (χ4v) is 4.01. The minimum absolute atomic E-state index is 0.311. The van der Waals surface area contributed by atoms with E-state index in [0.29, 0.717) is 11.1 Å². The van der Waals surface area contributed by atoms with Crippen LogP contribution in [0.3, 0.4) is 0 Å². The largest absolute Gasteiger partial charge is 0.495 e. The Kier molecular flexibility index (Phi) is 8.11. The van der Waals surface area contributed by atoms with E-state index in [4.69, 9.17) is 25.8 Å². The van der Waals surface area contributed by atoms with Crippen molar-refractivity contribution in [2.45, 2.75) is 32.7 Å². The van der Waals surface area contributed by atoms with Crippen LogP contribution in [0.1, 0.15) is 38.3 Å². The Hall–Kier alpha value is -2.11. The SMILES string of the molecule is CCCCOc1ccc(C(C)N2CCN(c3ccc(Cl)c(OC)c3)CC2)cc1OC. The summed E-state index contributed by atoms with van der Waals surface area (Å²) in [6.07, 6.45) is 2.16. The van der Waals surface area contributed by atoms with Crippen LogP contribution in [0.15, 0.2) is 36.4 Å². The van der Waals surface area contributed by atoms with Crippen LogP contribution >= 0.6 is 11.6 Å². The van der Waals surface area contributed by atoms with E-state index in [1.54, 1.807) is 14.2 Å². The van der Waals surface area contributed by atoms with Gasteiger partial charge in [0.15, 0.2) is 11.5 Å². The first-order chi connectivity index (χ1) is 14.6. The van der Waals surface area contributed by atoms with Crippen molar-refractivity contribution in [3.05, 3.63) is 47.0 Å². The zero-order valence-electron chi connectivity index (χ0n) is 18.5. The third kappa shape index (κ3) is 5.32. The fourth-order valence-electron chi connectivity index (χ4n) is 3.81. The van der Waals surface area contributed by atoms with E-state index in [9.17, 15) is 0 Å². The molecule has 30 heavy (non-hydrogen) atoms. The summed E-state index contributed by atoms with van der Waals surface area (Å²) < 4.78 is 16.8. The molecule has 0 aromatic heterocycles. The molecule has 2 aromatic carbocycles. The van der Waals surface area contributed by atoms with Gasteiger partial charge in [-0.2, -0.15) is 0 Å². The summed E-state index contributed by atoms with van der Waals surface area (Å²) in [6, 6.07) is 12.6. The standard InChI is InChI=1S/C24H33ClN2O3/c1-5-6-15-30-22-10-7-19(16-24(22)29-4)18(2)26-11-13-27(14-12-26)20-8-9-21(25)23(17-20)28-3/h7-10,16-18H,5-6,11-15H2,1-4H3. The molecule has 0 N–H and O–H groups in total. The summed E-state index contributed by atoms with van der Waals surface area (Å²) in [5.74, 6) is 2.35. The highest BCUT2D eigenvalue weighted by molar-refractivity contribution is 6.32. The van der Waals surface area contributed by atoms with E-state index in [-0.39, 0.29) is 0 Å². The van der Waals surface area contributed by atoms with Gasteiger partial charge in [0, 0.05) is 44.0 Å². The van der Waals surface area contributed by atoms with Crippen molar-refractivity contribution in [3.63, 3.8) is 0 Å². The number of halogens is 1. The van der Waals surface area contributed by atoms with Gasteiger partial charge >= 0.3 is 0 Å². The molecule has 1 aliphatic heterocycles. The number of ether oxygens (including phenoxy) is 3. The summed E-state index contributed by atoms with van der Waals surface area (Å²) in [5, 5.41) is 0.643. The van der Waals surface area contributed by atoms with Crippen LogP contribution < -0.4 is 19.1 Å². The smallest absolute Gasteiger partial charge is 0.161 e. The first kappa shape index (κ1) is 22.6. The van der Waals surface area contributed by atoms with E-state index in [1.807, 2.05) is 18.2 Å². The second-order valence-electron chi connectivity index (χ2n) is 7.63. The minimum atomic E-state index is 0.311. The van der Waals surface area contributed by atoms with Gasteiger partial charge in [-0.25, -0.2) is 0 Å². The number of anilines is 1. The lowest BCUT2D eigenvalue weighted by Crippen LogP contribution is -2.47. The number of rotatable bonds is 9. The van der Waals surface area contributed by atoms with Crippen LogP contribution in [-0.2, 0) is 0 Å². The zero-order valence-corrected chi connectivity index (χ0v) is 19.2. The monoisotopic (exact) mass is 432 g/mol. The molecule has 164 valence electrons. The van der Waals surface area contributed by atoms with Crippen molar-refractivity contribution in [2.75, 3.05) is 51.9 Å². The Balaban J connectivity index is 1.62. The van der Waals surface area contributed by atoms with Gasteiger partial charge in [-0.15, -0.1) is 0 Å². The van der Waals surface area contributed by atoms with E-state index in [2.05, 4.69) is 41.8 Å². The third-order valence-corrected chi connectivity index (χ3v) is 6.10. The molecule has 6 heteroatoms. The lowest BCUT2D eigenvalue weighted by Gasteiger charge is -2.39. The third-order valence-electron chi connectivity index (χ3n) is 5.79. The molecule has 0 bridgehead atoms. The van der Waals surface area contributed by atoms with Crippen LogP contribution in [0, 0.1) is 0 Å². The molecule has 5 nitrogen and oxygen atoms in total. The molecule has 0 spiro atoms. The van der Waals surface area contributed by atoms with Crippen molar-refractivity contribution >= 4 is 17.3 Å². The van der Waals surface area contributed by atoms with Crippen molar-refractivity contribution in [1.82, 2.24) is 4.90 Å². The molecule has 1 heterocycles. The normalized spacial score (nSPS) is 15.7. The van der Waals surface area contributed by atoms with Gasteiger partial charge in [-0.05, 0) is 43.2 Å². The predicted molar refractivity (Wildman–Crippen MR) is 124 cm³/mol. The molecular weight excluding hydrogens is 400 g/mol. The van der Waals surface area contributed by atoms with Crippen LogP contribution in [0.4, 0.5) is 5.69 Å². The number of methoxy groups -OCH3 is 2. The first-order valence-electron chi connectivity index (χ1n) is 10.7. The zero-order chi connectivity index (χ0) is 21.5. The van der Waals surface area contributed by atoms with Crippen molar-refractivity contribution in [2.24, 2.45) is 0 Å². The highest BCUT2D eigenvalue weighted by atomic mass is 35.5. The second-order valence-corrected chi connectivity index (χ2v) is 8.04. The van der Waals surface area contributed by atoms with Gasteiger partial charge in [-0.1, -0.05) is 31.0 Å². The van der Waals surface area contributed by atoms with Crippen LogP contribution in [0.25, 0.3) is 0 Å². The Labute approximate surface area is 185 Å². The topological polar surface area (TPSA) is 34.2 Å². The molecule has 0 saturated carbocycles. The summed E-state index contributed by atoms with van der Waals surface area (Å²) in [5.41, 5.74) is 2.40. The maximum absolute atomic E-state index is 6.17. The summed E-state index contributed by atoms with van der Waals surface area (Å²) in [7, 11) is 3.36. The number of nitrogens with zero attached hydrogens (tertiary/aromatic N) is 2. The van der Waals surface area contributed by atoms with Crippen LogP contribution in [-0.4, -0.2) is 51.9 Å². The average Bonchev–Trinajstić information content (AvgIpc) is 2.79. The maximum atomic E-state index is 6.17. The lowest BCUT2D eigenvalue weighted by atomic mass is 10.0. The van der Waals surface area contributed by atoms with Crippen molar-refractivity contribution in [3.8, 4) is 17.2 Å². The number of benzene rings is 2. The number of piperazine rings is 1. The maximum Gasteiger partial charge on any atom is 0.161 e. The van der Waals surface area contributed by atoms with Gasteiger partial charge in [0.1, 0.15) is 5.75 Å². The number of hydrogen-bond donors (Lipinski definition) is 0. The second kappa shape index (κ2) is 10.8. The van der Waals surface area contributed by atoms with Gasteiger partial charge in [-0.3, -0.25) is 4.90 Å². The Morgan fingerprint density at radius 1 is 0.933 bits per heavy atom. The molecular formula is C24H33ClN2O3. The Bertz CT molecular complexity index is 822. The fraction of sp³-hybridized carbons (Fsp3) is 0.500. The Morgan fingerprint density at radius 2 is 1.67 bits per heavy atom. The summed E-state index contributed by atoms with van der Waals surface area (Å²) in [6.45, 7) is 9.04. The highest BCUT2D eigenvalue weighted by Crippen LogP contribution is 2.34. The van der Waals surface area contributed by atoms with Gasteiger partial charge in [0.25, 0.3) is 0 Å². The first-order valence-corrected chi connectivity index (χ1v) is 11.1. The molecule has 0 radical (unpaired) electrons. The van der Waals surface area contributed by atoms with E-state index < -0.39 is 0 Å². The molecule has 1 fully saturated rings. The van der Waals surface area contributed by atoms with Crippen molar-refractivity contribution < 1.29 is 14.2 Å². The molecule has 0 amide bonds. The molecule has 2 aromatic rings. The summed E-state index contributed by atoms with van der Waals surface area (Å²) >= 11 is 6.17. The van der Waals surface area contributed by atoms with Gasteiger partial charge < -0.3 is 19.1 Å².